The third-order valence-electron chi connectivity index (χ3n) is 4.91. The molecule has 1 atom stereocenters. The van der Waals surface area contributed by atoms with Crippen LogP contribution in [0.1, 0.15) is 31.7 Å². The summed E-state index contributed by atoms with van der Waals surface area (Å²) >= 11 is 0. The van der Waals surface area contributed by atoms with Gasteiger partial charge in [0.05, 0.1) is 7.11 Å². The molecule has 0 aliphatic carbocycles. The Bertz CT molecular complexity index is 1060. The van der Waals surface area contributed by atoms with Crippen molar-refractivity contribution in [3.8, 4) is 11.3 Å². The number of hydrogen-bond donors (Lipinski definition) is 2. The maximum Gasteiger partial charge on any atom is 0.251 e. The van der Waals surface area contributed by atoms with Gasteiger partial charge in [-0.1, -0.05) is 44.2 Å². The van der Waals surface area contributed by atoms with E-state index in [2.05, 4.69) is 15.3 Å². The van der Waals surface area contributed by atoms with Crippen LogP contribution in [0.2, 0.25) is 0 Å². The molecule has 0 bridgehead atoms. The number of H-pyrrole nitrogens is 1. The van der Waals surface area contributed by atoms with Crippen LogP contribution in [0.5, 0.6) is 0 Å². The number of hydroxylamine groups is 1. The van der Waals surface area contributed by atoms with Gasteiger partial charge < -0.3 is 4.98 Å². The van der Waals surface area contributed by atoms with Gasteiger partial charge in [-0.15, -0.1) is 0 Å². The van der Waals surface area contributed by atoms with Crippen molar-refractivity contribution in [1.29, 1.82) is 0 Å². The average molecular weight is 382 g/mol. The highest BCUT2D eigenvalue weighted by molar-refractivity contribution is 5.87. The van der Waals surface area contributed by atoms with Crippen molar-refractivity contribution in [1.82, 2.24) is 10.5 Å². The predicted octanol–water partition coefficient (Wildman–Crippen LogP) is 4.14. The molecule has 0 saturated heterocycles. The van der Waals surface area contributed by atoms with Crippen LogP contribution in [0.25, 0.3) is 22.0 Å². The number of carbonyl (C=O) groups excluding carboxylic acids is 1. The number of benzene rings is 2. The van der Waals surface area contributed by atoms with E-state index in [9.17, 15) is 14.0 Å². The summed E-state index contributed by atoms with van der Waals surface area (Å²) in [6, 6.07) is 13.8. The van der Waals surface area contributed by atoms with Crippen LogP contribution in [0.15, 0.2) is 53.3 Å². The zero-order valence-electron chi connectivity index (χ0n) is 16.1. The highest BCUT2D eigenvalue weighted by Gasteiger charge is 2.22. The zero-order chi connectivity index (χ0) is 20.3. The summed E-state index contributed by atoms with van der Waals surface area (Å²) in [4.78, 5) is 32.2. The van der Waals surface area contributed by atoms with Crippen molar-refractivity contribution >= 4 is 16.7 Å². The summed E-state index contributed by atoms with van der Waals surface area (Å²) in [5, 5.41) is 1.30. The molecule has 0 aliphatic heterocycles. The quantitative estimate of drug-likeness (QED) is 0.630. The Hall–Kier alpha value is -2.99. The molecule has 0 radical (unpaired) electrons. The fourth-order valence-electron chi connectivity index (χ4n) is 3.41. The van der Waals surface area contributed by atoms with Crippen LogP contribution in [0.4, 0.5) is 4.39 Å². The van der Waals surface area contributed by atoms with Crippen molar-refractivity contribution in [3.63, 3.8) is 0 Å². The van der Waals surface area contributed by atoms with Gasteiger partial charge in [-0.3, -0.25) is 14.4 Å². The maximum atomic E-state index is 14.1. The second kappa shape index (κ2) is 8.35. The van der Waals surface area contributed by atoms with Crippen molar-refractivity contribution in [2.24, 2.45) is 5.92 Å². The van der Waals surface area contributed by atoms with Crippen LogP contribution < -0.4 is 11.0 Å². The first-order chi connectivity index (χ1) is 13.4. The van der Waals surface area contributed by atoms with E-state index in [0.717, 1.165) is 10.9 Å². The molecule has 146 valence electrons. The summed E-state index contributed by atoms with van der Waals surface area (Å²) in [6.07, 6.45) is 0.148. The topological polar surface area (TPSA) is 71.2 Å². The summed E-state index contributed by atoms with van der Waals surface area (Å²) in [6.45, 7) is 3.93. The summed E-state index contributed by atoms with van der Waals surface area (Å²) in [7, 11) is 1.37. The van der Waals surface area contributed by atoms with E-state index in [1.807, 2.05) is 32.0 Å². The van der Waals surface area contributed by atoms with E-state index in [-0.39, 0.29) is 35.5 Å². The number of pyridine rings is 1. The van der Waals surface area contributed by atoms with Gasteiger partial charge >= 0.3 is 0 Å². The molecule has 28 heavy (non-hydrogen) atoms. The van der Waals surface area contributed by atoms with Crippen LogP contribution in [0.3, 0.4) is 0 Å². The van der Waals surface area contributed by atoms with Crippen LogP contribution in [0, 0.1) is 11.7 Å². The van der Waals surface area contributed by atoms with E-state index in [0.29, 0.717) is 16.6 Å². The Morgan fingerprint density at radius 1 is 1.18 bits per heavy atom. The Morgan fingerprint density at radius 3 is 2.64 bits per heavy atom. The van der Waals surface area contributed by atoms with Gasteiger partial charge in [0, 0.05) is 29.0 Å². The van der Waals surface area contributed by atoms with Crippen LogP contribution in [-0.4, -0.2) is 18.0 Å². The summed E-state index contributed by atoms with van der Waals surface area (Å²) in [5.41, 5.74) is 3.90. The molecule has 6 heteroatoms. The second-order valence-electron chi connectivity index (χ2n) is 7.12. The molecule has 3 rings (SSSR count). The number of aromatic nitrogens is 1. The molecule has 0 spiro atoms. The standard InChI is InChI=1S/C22H23FN2O3/c1-13(2)17(12-21(26)25-28-3)16-9-10-20(24-22(16)27)15-8-7-14-5-4-6-19(23)18(14)11-15/h4-11,13,17H,12H2,1-3H3,(H,24,27)(H,25,26). The molecule has 1 heterocycles. The molecule has 3 aromatic rings. The molecule has 5 nitrogen and oxygen atoms in total. The van der Waals surface area contributed by atoms with E-state index < -0.39 is 0 Å². The third-order valence-corrected chi connectivity index (χ3v) is 4.91. The number of halogens is 1. The zero-order valence-corrected chi connectivity index (χ0v) is 16.1. The molecule has 1 aromatic heterocycles. The van der Waals surface area contributed by atoms with E-state index in [1.54, 1.807) is 24.3 Å². The fraction of sp³-hybridized carbons (Fsp3) is 0.273. The SMILES string of the molecule is CONC(=O)CC(c1ccc(-c2ccc3cccc(F)c3c2)[nH]c1=O)C(C)C. The molecule has 2 N–H and O–H groups in total. The number of amides is 1. The molecular formula is C22H23FN2O3. The highest BCUT2D eigenvalue weighted by Crippen LogP contribution is 2.28. The Labute approximate surface area is 162 Å². The smallest absolute Gasteiger partial charge is 0.251 e. The molecule has 0 saturated carbocycles. The lowest BCUT2D eigenvalue weighted by Gasteiger charge is -2.20. The van der Waals surface area contributed by atoms with E-state index >= 15 is 0 Å². The van der Waals surface area contributed by atoms with Gasteiger partial charge in [0.15, 0.2) is 0 Å². The largest absolute Gasteiger partial charge is 0.322 e. The van der Waals surface area contributed by atoms with Crippen molar-refractivity contribution in [2.75, 3.05) is 7.11 Å². The van der Waals surface area contributed by atoms with Crippen molar-refractivity contribution in [3.05, 3.63) is 70.3 Å². The number of carbonyl (C=O) groups is 1. The summed E-state index contributed by atoms with van der Waals surface area (Å²) < 4.78 is 14.1. The van der Waals surface area contributed by atoms with Gasteiger partial charge in [0.1, 0.15) is 5.82 Å². The van der Waals surface area contributed by atoms with Gasteiger partial charge in [0.2, 0.25) is 5.91 Å². The molecule has 1 amide bonds. The Balaban J connectivity index is 1.96. The number of fused-ring (bicyclic) bond motifs is 1. The minimum atomic E-state index is -0.303. The molecule has 1 unspecified atom stereocenters. The first-order valence-electron chi connectivity index (χ1n) is 9.14. The summed E-state index contributed by atoms with van der Waals surface area (Å²) in [5.74, 6) is -0.747. The molecule has 2 aromatic carbocycles. The minimum absolute atomic E-state index is 0.0873. The number of hydrogen-bond acceptors (Lipinski definition) is 3. The normalized spacial score (nSPS) is 12.3. The Kier molecular flexibility index (Phi) is 5.90. The molecule has 0 aliphatic rings. The minimum Gasteiger partial charge on any atom is -0.322 e. The van der Waals surface area contributed by atoms with Crippen LogP contribution >= 0.6 is 0 Å². The first-order valence-corrected chi connectivity index (χ1v) is 9.14. The fourth-order valence-corrected chi connectivity index (χ4v) is 3.41. The van der Waals surface area contributed by atoms with Crippen molar-refractivity contribution < 1.29 is 14.0 Å². The lowest BCUT2D eigenvalue weighted by Crippen LogP contribution is -2.28. The van der Waals surface area contributed by atoms with Gasteiger partial charge in [-0.2, -0.15) is 0 Å². The number of aromatic amines is 1. The van der Waals surface area contributed by atoms with Crippen LogP contribution in [-0.2, 0) is 9.63 Å². The molecular weight excluding hydrogens is 359 g/mol. The first kappa shape index (κ1) is 19.8. The lowest BCUT2D eigenvalue weighted by atomic mass is 9.86. The molecule has 0 fully saturated rings. The number of nitrogens with one attached hydrogen (secondary N) is 2. The monoisotopic (exact) mass is 382 g/mol. The van der Waals surface area contributed by atoms with E-state index in [4.69, 9.17) is 0 Å². The van der Waals surface area contributed by atoms with Gasteiger partial charge in [-0.05, 0) is 35.1 Å². The number of rotatable bonds is 6. The maximum absolute atomic E-state index is 14.1. The van der Waals surface area contributed by atoms with Gasteiger partial charge in [-0.25, -0.2) is 9.87 Å². The average Bonchev–Trinajstić information content (AvgIpc) is 2.66. The van der Waals surface area contributed by atoms with Crippen molar-refractivity contribution in [2.45, 2.75) is 26.2 Å². The van der Waals surface area contributed by atoms with Gasteiger partial charge in [0.25, 0.3) is 5.56 Å². The third kappa shape index (κ3) is 4.12. The van der Waals surface area contributed by atoms with E-state index in [1.165, 1.54) is 13.2 Å². The lowest BCUT2D eigenvalue weighted by molar-refractivity contribution is -0.131. The second-order valence-corrected chi connectivity index (χ2v) is 7.12. The predicted molar refractivity (Wildman–Crippen MR) is 107 cm³/mol. The highest BCUT2D eigenvalue weighted by atomic mass is 19.1. The Morgan fingerprint density at radius 2 is 1.96 bits per heavy atom.